The fourth-order valence-corrected chi connectivity index (χ4v) is 3.46. The molecule has 26 heavy (non-hydrogen) atoms. The second-order valence-corrected chi connectivity index (χ2v) is 6.58. The minimum absolute atomic E-state index is 0.0306. The van der Waals surface area contributed by atoms with Crippen molar-refractivity contribution in [1.82, 2.24) is 14.9 Å². The summed E-state index contributed by atoms with van der Waals surface area (Å²) in [5.41, 5.74) is 1.79. The molecule has 1 unspecified atom stereocenters. The lowest BCUT2D eigenvalue weighted by Gasteiger charge is -2.36. The van der Waals surface area contributed by atoms with Gasteiger partial charge in [-0.2, -0.15) is 0 Å². The van der Waals surface area contributed by atoms with Crippen molar-refractivity contribution in [3.8, 4) is 5.75 Å². The van der Waals surface area contributed by atoms with Crippen LogP contribution in [0.15, 0.2) is 36.7 Å². The predicted octanol–water partition coefficient (Wildman–Crippen LogP) is 3.15. The van der Waals surface area contributed by atoms with Crippen LogP contribution in [0, 0.1) is 0 Å². The standard InChI is InChI=1S/C20H26N4O2/c1-21-20-22-13-16(14-23-20)19(25)24-11-4-3-7-17(24)10-9-15-6-5-8-18(12-15)26-2/h5-6,8,12-14,17H,3-4,7,9-11H2,1-2H3,(H,21,22,23). The minimum atomic E-state index is 0.0306. The average Bonchev–Trinajstić information content (AvgIpc) is 2.72. The first-order valence-electron chi connectivity index (χ1n) is 9.15. The van der Waals surface area contributed by atoms with Crippen molar-refractivity contribution in [2.75, 3.05) is 26.0 Å². The Bertz CT molecular complexity index is 733. The molecule has 2 heterocycles. The molecule has 2 aromatic rings. The number of aryl methyl sites for hydroxylation is 1. The van der Waals surface area contributed by atoms with E-state index in [-0.39, 0.29) is 11.9 Å². The molecule has 0 bridgehead atoms. The Morgan fingerprint density at radius 1 is 1.31 bits per heavy atom. The second-order valence-electron chi connectivity index (χ2n) is 6.58. The Kier molecular flexibility index (Phi) is 6.04. The Morgan fingerprint density at radius 2 is 2.12 bits per heavy atom. The minimum Gasteiger partial charge on any atom is -0.497 e. The molecule has 1 aromatic heterocycles. The Morgan fingerprint density at radius 3 is 2.85 bits per heavy atom. The molecule has 6 heteroatoms. The number of amides is 1. The molecule has 0 spiro atoms. The largest absolute Gasteiger partial charge is 0.497 e. The van der Waals surface area contributed by atoms with Gasteiger partial charge in [-0.3, -0.25) is 4.79 Å². The van der Waals surface area contributed by atoms with E-state index in [2.05, 4.69) is 27.4 Å². The van der Waals surface area contributed by atoms with E-state index in [1.54, 1.807) is 26.6 Å². The van der Waals surface area contributed by atoms with Gasteiger partial charge in [0.05, 0.1) is 12.7 Å². The van der Waals surface area contributed by atoms with Gasteiger partial charge in [0.25, 0.3) is 5.91 Å². The van der Waals surface area contributed by atoms with Gasteiger partial charge < -0.3 is 15.0 Å². The molecule has 0 aliphatic carbocycles. The highest BCUT2D eigenvalue weighted by Crippen LogP contribution is 2.24. The molecule has 3 rings (SSSR count). The van der Waals surface area contributed by atoms with Gasteiger partial charge >= 0.3 is 0 Å². The van der Waals surface area contributed by atoms with Gasteiger partial charge in [-0.15, -0.1) is 0 Å². The number of ether oxygens (including phenoxy) is 1. The number of benzene rings is 1. The van der Waals surface area contributed by atoms with Gasteiger partial charge in [0, 0.05) is 32.0 Å². The molecule has 1 saturated heterocycles. The molecule has 1 aliphatic rings. The predicted molar refractivity (Wildman–Crippen MR) is 102 cm³/mol. The summed E-state index contributed by atoms with van der Waals surface area (Å²) >= 11 is 0. The number of methoxy groups -OCH3 is 1. The van der Waals surface area contributed by atoms with Gasteiger partial charge in [0.2, 0.25) is 5.95 Å². The number of hydrogen-bond acceptors (Lipinski definition) is 5. The summed E-state index contributed by atoms with van der Waals surface area (Å²) < 4.78 is 5.30. The number of nitrogens with one attached hydrogen (secondary N) is 1. The molecular formula is C20H26N4O2. The number of likely N-dealkylation sites (tertiary alicyclic amines) is 1. The second kappa shape index (κ2) is 8.65. The summed E-state index contributed by atoms with van der Waals surface area (Å²) in [6.07, 6.45) is 8.36. The van der Waals surface area contributed by atoms with Crippen molar-refractivity contribution in [1.29, 1.82) is 0 Å². The smallest absolute Gasteiger partial charge is 0.257 e. The van der Waals surface area contributed by atoms with Crippen molar-refractivity contribution < 1.29 is 9.53 Å². The zero-order valence-electron chi connectivity index (χ0n) is 15.4. The molecule has 1 aliphatic heterocycles. The van der Waals surface area contributed by atoms with Gasteiger partial charge in [-0.1, -0.05) is 12.1 Å². The van der Waals surface area contributed by atoms with Crippen LogP contribution in [0.25, 0.3) is 0 Å². The molecule has 1 amide bonds. The molecular weight excluding hydrogens is 328 g/mol. The highest BCUT2D eigenvalue weighted by molar-refractivity contribution is 5.94. The fraction of sp³-hybridized carbons (Fsp3) is 0.450. The van der Waals surface area contributed by atoms with Crippen LogP contribution in [-0.4, -0.2) is 47.5 Å². The maximum Gasteiger partial charge on any atom is 0.257 e. The fourth-order valence-electron chi connectivity index (χ4n) is 3.46. The van der Waals surface area contributed by atoms with E-state index in [9.17, 15) is 4.79 Å². The molecule has 1 N–H and O–H groups in total. The number of carbonyl (C=O) groups is 1. The number of rotatable bonds is 6. The van der Waals surface area contributed by atoms with Gasteiger partial charge in [0.15, 0.2) is 0 Å². The van der Waals surface area contributed by atoms with E-state index >= 15 is 0 Å². The van der Waals surface area contributed by atoms with Gasteiger partial charge in [-0.25, -0.2) is 9.97 Å². The third-order valence-corrected chi connectivity index (χ3v) is 4.91. The number of aromatic nitrogens is 2. The van der Waals surface area contributed by atoms with Gasteiger partial charge in [0.1, 0.15) is 5.75 Å². The summed E-state index contributed by atoms with van der Waals surface area (Å²) in [7, 11) is 3.44. The van der Waals surface area contributed by atoms with E-state index in [0.29, 0.717) is 11.5 Å². The SMILES string of the molecule is CNc1ncc(C(=O)N2CCCCC2CCc2cccc(OC)c2)cn1. The topological polar surface area (TPSA) is 67.4 Å². The number of piperidine rings is 1. The molecule has 1 fully saturated rings. The van der Waals surface area contributed by atoms with Crippen LogP contribution in [0.4, 0.5) is 5.95 Å². The Labute approximate surface area is 154 Å². The van der Waals surface area contributed by atoms with E-state index in [1.807, 2.05) is 17.0 Å². The summed E-state index contributed by atoms with van der Waals surface area (Å²) in [6, 6.07) is 8.40. The van der Waals surface area contributed by atoms with Crippen molar-refractivity contribution in [3.63, 3.8) is 0 Å². The van der Waals surface area contributed by atoms with Crippen molar-refractivity contribution in [2.45, 2.75) is 38.1 Å². The highest BCUT2D eigenvalue weighted by atomic mass is 16.5. The quantitative estimate of drug-likeness (QED) is 0.863. The van der Waals surface area contributed by atoms with E-state index in [0.717, 1.165) is 38.0 Å². The van der Waals surface area contributed by atoms with E-state index < -0.39 is 0 Å². The zero-order chi connectivity index (χ0) is 18.4. The summed E-state index contributed by atoms with van der Waals surface area (Å²) in [5.74, 6) is 1.43. The number of nitrogens with zero attached hydrogens (tertiary/aromatic N) is 3. The van der Waals surface area contributed by atoms with Crippen LogP contribution < -0.4 is 10.1 Å². The lowest BCUT2D eigenvalue weighted by atomic mass is 9.95. The van der Waals surface area contributed by atoms with E-state index in [4.69, 9.17) is 4.74 Å². The maximum atomic E-state index is 12.9. The van der Waals surface area contributed by atoms with Gasteiger partial charge in [-0.05, 0) is 49.8 Å². The molecule has 6 nitrogen and oxygen atoms in total. The average molecular weight is 354 g/mol. The molecule has 0 radical (unpaired) electrons. The lowest BCUT2D eigenvalue weighted by Crippen LogP contribution is -2.44. The zero-order valence-corrected chi connectivity index (χ0v) is 15.4. The van der Waals surface area contributed by atoms with Crippen LogP contribution in [0.5, 0.6) is 5.75 Å². The monoisotopic (exact) mass is 354 g/mol. The first-order chi connectivity index (χ1) is 12.7. The highest BCUT2D eigenvalue weighted by Gasteiger charge is 2.27. The molecule has 0 saturated carbocycles. The van der Waals surface area contributed by atoms with Crippen LogP contribution >= 0.6 is 0 Å². The summed E-state index contributed by atoms with van der Waals surface area (Å²) in [5, 5.41) is 2.87. The third-order valence-electron chi connectivity index (χ3n) is 4.91. The van der Waals surface area contributed by atoms with Crippen molar-refractivity contribution in [2.24, 2.45) is 0 Å². The lowest BCUT2D eigenvalue weighted by molar-refractivity contribution is 0.0601. The first-order valence-corrected chi connectivity index (χ1v) is 9.15. The van der Waals surface area contributed by atoms with Crippen LogP contribution in [-0.2, 0) is 6.42 Å². The summed E-state index contributed by atoms with van der Waals surface area (Å²) in [6.45, 7) is 0.801. The van der Waals surface area contributed by atoms with Crippen molar-refractivity contribution in [3.05, 3.63) is 47.8 Å². The first kappa shape index (κ1) is 18.2. The Hall–Kier alpha value is -2.63. The number of hydrogen-bond donors (Lipinski definition) is 1. The normalized spacial score (nSPS) is 17.0. The maximum absolute atomic E-state index is 12.9. The van der Waals surface area contributed by atoms with Crippen molar-refractivity contribution >= 4 is 11.9 Å². The molecule has 1 aromatic carbocycles. The van der Waals surface area contributed by atoms with E-state index in [1.165, 1.54) is 12.0 Å². The Balaban J connectivity index is 1.67. The molecule has 138 valence electrons. The van der Waals surface area contributed by atoms with Crippen LogP contribution in [0.1, 0.15) is 41.6 Å². The van der Waals surface area contributed by atoms with Crippen LogP contribution in [0.2, 0.25) is 0 Å². The molecule has 1 atom stereocenters. The number of carbonyl (C=O) groups excluding carboxylic acids is 1. The summed E-state index contributed by atoms with van der Waals surface area (Å²) in [4.78, 5) is 23.3. The number of anilines is 1. The van der Waals surface area contributed by atoms with Crippen LogP contribution in [0.3, 0.4) is 0 Å². The third kappa shape index (κ3) is 4.31.